The van der Waals surface area contributed by atoms with Gasteiger partial charge in [-0.2, -0.15) is 0 Å². The molecule has 1 heterocycles. The van der Waals surface area contributed by atoms with Gasteiger partial charge in [0.05, 0.1) is 11.9 Å². The van der Waals surface area contributed by atoms with Crippen LogP contribution in [-0.2, 0) is 6.54 Å². The van der Waals surface area contributed by atoms with Crippen molar-refractivity contribution in [3.8, 4) is 0 Å². The molecule has 1 atom stereocenters. The fraction of sp³-hybridized carbons (Fsp3) is 0.417. The van der Waals surface area contributed by atoms with Gasteiger partial charge >= 0.3 is 0 Å². The first-order chi connectivity index (χ1) is 8.09. The SMILES string of the molecule is CC(C)C(N)Cn1nnc2ccccc2c1=O. The summed E-state index contributed by atoms with van der Waals surface area (Å²) < 4.78 is 1.34. The highest BCUT2D eigenvalue weighted by Gasteiger charge is 2.11. The molecular formula is C12H16N4O. The average Bonchev–Trinajstić information content (AvgIpc) is 2.33. The first-order valence-corrected chi connectivity index (χ1v) is 5.67. The second-order valence-electron chi connectivity index (χ2n) is 4.50. The molecule has 5 nitrogen and oxygen atoms in total. The lowest BCUT2D eigenvalue weighted by Crippen LogP contribution is -2.37. The fourth-order valence-corrected chi connectivity index (χ4v) is 1.55. The van der Waals surface area contributed by atoms with Gasteiger partial charge in [-0.05, 0) is 18.1 Å². The summed E-state index contributed by atoms with van der Waals surface area (Å²) in [5, 5.41) is 8.50. The Hall–Kier alpha value is -1.75. The Balaban J connectivity index is 2.43. The maximum absolute atomic E-state index is 12.1. The molecule has 1 aromatic heterocycles. The summed E-state index contributed by atoms with van der Waals surface area (Å²) in [7, 11) is 0. The van der Waals surface area contributed by atoms with Crippen molar-refractivity contribution in [2.75, 3.05) is 0 Å². The Morgan fingerprint density at radius 1 is 1.35 bits per heavy atom. The van der Waals surface area contributed by atoms with Crippen molar-refractivity contribution < 1.29 is 0 Å². The van der Waals surface area contributed by atoms with Crippen molar-refractivity contribution in [3.05, 3.63) is 34.6 Å². The lowest BCUT2D eigenvalue weighted by molar-refractivity contribution is 0.396. The maximum atomic E-state index is 12.1. The van der Waals surface area contributed by atoms with Gasteiger partial charge in [0, 0.05) is 6.04 Å². The normalized spacial score (nSPS) is 13.2. The zero-order valence-electron chi connectivity index (χ0n) is 10.00. The van der Waals surface area contributed by atoms with E-state index in [4.69, 9.17) is 5.73 Å². The number of hydrogen-bond donors (Lipinski definition) is 1. The van der Waals surface area contributed by atoms with E-state index in [2.05, 4.69) is 10.3 Å². The molecule has 0 aliphatic rings. The topological polar surface area (TPSA) is 73.8 Å². The fourth-order valence-electron chi connectivity index (χ4n) is 1.55. The molecule has 0 spiro atoms. The highest BCUT2D eigenvalue weighted by Crippen LogP contribution is 2.04. The number of benzene rings is 1. The first kappa shape index (κ1) is 11.7. The van der Waals surface area contributed by atoms with Crippen LogP contribution in [0.1, 0.15) is 13.8 Å². The van der Waals surface area contributed by atoms with Gasteiger partial charge in [-0.25, -0.2) is 4.68 Å². The van der Waals surface area contributed by atoms with E-state index in [1.807, 2.05) is 26.0 Å². The Labute approximate surface area is 99.2 Å². The van der Waals surface area contributed by atoms with E-state index < -0.39 is 0 Å². The molecule has 0 saturated carbocycles. The van der Waals surface area contributed by atoms with Crippen LogP contribution < -0.4 is 11.3 Å². The molecule has 1 aromatic carbocycles. The molecule has 0 aliphatic heterocycles. The zero-order chi connectivity index (χ0) is 12.4. The number of hydrogen-bond acceptors (Lipinski definition) is 4. The molecule has 0 bridgehead atoms. The Morgan fingerprint density at radius 2 is 2.06 bits per heavy atom. The first-order valence-electron chi connectivity index (χ1n) is 5.67. The van der Waals surface area contributed by atoms with Crippen LogP contribution in [0, 0.1) is 5.92 Å². The summed E-state index contributed by atoms with van der Waals surface area (Å²) in [6.45, 7) is 4.43. The molecule has 2 N–H and O–H groups in total. The molecule has 90 valence electrons. The molecule has 2 aromatic rings. The van der Waals surface area contributed by atoms with Crippen LogP contribution in [0.4, 0.5) is 0 Å². The van der Waals surface area contributed by atoms with E-state index in [-0.39, 0.29) is 11.6 Å². The van der Waals surface area contributed by atoms with E-state index in [1.165, 1.54) is 4.68 Å². The van der Waals surface area contributed by atoms with Crippen LogP contribution in [-0.4, -0.2) is 21.0 Å². The van der Waals surface area contributed by atoms with Crippen LogP contribution in [0.15, 0.2) is 29.1 Å². The quantitative estimate of drug-likeness (QED) is 0.848. The van der Waals surface area contributed by atoms with Crippen molar-refractivity contribution >= 4 is 10.9 Å². The summed E-state index contributed by atoms with van der Waals surface area (Å²) in [4.78, 5) is 12.1. The average molecular weight is 232 g/mol. The highest BCUT2D eigenvalue weighted by molar-refractivity contribution is 5.76. The minimum atomic E-state index is -0.133. The lowest BCUT2D eigenvalue weighted by Gasteiger charge is -2.15. The highest BCUT2D eigenvalue weighted by atomic mass is 16.1. The van der Waals surface area contributed by atoms with E-state index in [9.17, 15) is 4.79 Å². The monoisotopic (exact) mass is 232 g/mol. The maximum Gasteiger partial charge on any atom is 0.277 e. The van der Waals surface area contributed by atoms with Gasteiger partial charge < -0.3 is 5.73 Å². The third-order valence-electron chi connectivity index (χ3n) is 2.87. The molecular weight excluding hydrogens is 216 g/mol. The summed E-state index contributed by atoms with van der Waals surface area (Å²) in [6, 6.07) is 7.09. The van der Waals surface area contributed by atoms with Crippen LogP contribution in [0.2, 0.25) is 0 Å². The predicted molar refractivity (Wildman–Crippen MR) is 66.6 cm³/mol. The molecule has 17 heavy (non-hydrogen) atoms. The smallest absolute Gasteiger partial charge is 0.277 e. The third-order valence-corrected chi connectivity index (χ3v) is 2.87. The van der Waals surface area contributed by atoms with E-state index >= 15 is 0 Å². The minimum Gasteiger partial charge on any atom is -0.326 e. The van der Waals surface area contributed by atoms with Gasteiger partial charge in [0.2, 0.25) is 0 Å². The van der Waals surface area contributed by atoms with Gasteiger partial charge in [-0.15, -0.1) is 5.10 Å². The van der Waals surface area contributed by atoms with Crippen LogP contribution in [0.3, 0.4) is 0 Å². The van der Waals surface area contributed by atoms with Crippen LogP contribution in [0.25, 0.3) is 10.9 Å². The van der Waals surface area contributed by atoms with E-state index in [1.54, 1.807) is 12.1 Å². The lowest BCUT2D eigenvalue weighted by atomic mass is 10.1. The summed E-state index contributed by atoms with van der Waals surface area (Å²) in [5.41, 5.74) is 6.42. The Kier molecular flexibility index (Phi) is 3.19. The van der Waals surface area contributed by atoms with Gasteiger partial charge in [0.25, 0.3) is 5.56 Å². The van der Waals surface area contributed by atoms with Crippen LogP contribution >= 0.6 is 0 Å². The standard InChI is InChI=1S/C12H16N4O/c1-8(2)10(13)7-16-12(17)9-5-3-4-6-11(9)14-15-16/h3-6,8,10H,7,13H2,1-2H3. The number of rotatable bonds is 3. The number of nitrogens with two attached hydrogens (primary N) is 1. The molecule has 0 aliphatic carbocycles. The number of fused-ring (bicyclic) bond motifs is 1. The summed E-state index contributed by atoms with van der Waals surface area (Å²) >= 11 is 0. The minimum absolute atomic E-state index is 0.0943. The van der Waals surface area contributed by atoms with Crippen molar-refractivity contribution in [2.45, 2.75) is 26.4 Å². The van der Waals surface area contributed by atoms with Crippen molar-refractivity contribution in [1.29, 1.82) is 0 Å². The number of nitrogens with zero attached hydrogens (tertiary/aromatic N) is 3. The second-order valence-corrected chi connectivity index (χ2v) is 4.50. The third kappa shape index (κ3) is 2.34. The molecule has 1 unspecified atom stereocenters. The van der Waals surface area contributed by atoms with Crippen LogP contribution in [0.5, 0.6) is 0 Å². The van der Waals surface area contributed by atoms with Gasteiger partial charge in [-0.1, -0.05) is 31.2 Å². The predicted octanol–water partition coefficient (Wildman–Crippen LogP) is 0.775. The molecule has 2 rings (SSSR count). The van der Waals surface area contributed by atoms with Gasteiger partial charge in [0.1, 0.15) is 5.52 Å². The summed E-state index contributed by atoms with van der Waals surface area (Å²) in [6.07, 6.45) is 0. The van der Waals surface area contributed by atoms with Crippen molar-refractivity contribution in [2.24, 2.45) is 11.7 Å². The zero-order valence-corrected chi connectivity index (χ0v) is 10.00. The Bertz CT molecular complexity index is 576. The van der Waals surface area contributed by atoms with Crippen molar-refractivity contribution in [1.82, 2.24) is 15.0 Å². The Morgan fingerprint density at radius 3 is 2.76 bits per heavy atom. The molecule has 0 radical (unpaired) electrons. The summed E-state index contributed by atoms with van der Waals surface area (Å²) in [5.74, 6) is 0.301. The molecule has 0 fully saturated rings. The largest absolute Gasteiger partial charge is 0.326 e. The second kappa shape index (κ2) is 4.63. The van der Waals surface area contributed by atoms with Gasteiger partial charge in [0.15, 0.2) is 0 Å². The van der Waals surface area contributed by atoms with E-state index in [0.717, 1.165) is 0 Å². The van der Waals surface area contributed by atoms with Gasteiger partial charge in [-0.3, -0.25) is 4.79 Å². The molecule has 0 saturated heterocycles. The van der Waals surface area contributed by atoms with Crippen molar-refractivity contribution in [3.63, 3.8) is 0 Å². The molecule has 0 amide bonds. The van der Waals surface area contributed by atoms with E-state index in [0.29, 0.717) is 23.4 Å². The molecule has 5 heteroatoms. The number of aromatic nitrogens is 3.